The van der Waals surface area contributed by atoms with Crippen LogP contribution in [0.3, 0.4) is 0 Å². The number of carbonyl (C=O) groups is 3. The molecule has 162 valence electrons. The van der Waals surface area contributed by atoms with Gasteiger partial charge >= 0.3 is 12.2 Å². The van der Waals surface area contributed by atoms with Crippen LogP contribution in [0.1, 0.15) is 60.8 Å². The van der Waals surface area contributed by atoms with Crippen LogP contribution in [0.2, 0.25) is 0 Å². The summed E-state index contributed by atoms with van der Waals surface area (Å²) in [4.78, 5) is 41.4. The maximum Gasteiger partial charge on any atom is 0.510 e. The molecule has 3 aliphatic heterocycles. The monoisotopic (exact) mass is 408 g/mol. The summed E-state index contributed by atoms with van der Waals surface area (Å²) in [6, 6.07) is -0.796. The fourth-order valence-corrected chi connectivity index (χ4v) is 4.08. The van der Waals surface area contributed by atoms with Crippen molar-refractivity contribution in [2.75, 3.05) is 6.54 Å². The van der Waals surface area contributed by atoms with E-state index in [2.05, 4.69) is 0 Å². The molecule has 0 saturated carbocycles. The maximum absolute atomic E-state index is 13.5. The molecular weight excluding hydrogens is 376 g/mol. The number of fused-ring (bicyclic) bond motifs is 2. The van der Waals surface area contributed by atoms with Gasteiger partial charge in [-0.15, -0.1) is 0 Å². The average Bonchev–Trinajstić information content (AvgIpc) is 3.09. The maximum atomic E-state index is 13.5. The van der Waals surface area contributed by atoms with Crippen molar-refractivity contribution >= 4 is 18.2 Å². The Morgan fingerprint density at radius 1 is 0.966 bits per heavy atom. The fraction of sp³-hybridized carbons (Fsp3) is 0.762. The van der Waals surface area contributed by atoms with Crippen molar-refractivity contribution in [3.05, 3.63) is 12.2 Å². The first kappa shape index (κ1) is 21.5. The minimum Gasteiger partial charge on any atom is -0.444 e. The SMILES string of the molecule is CC(C)(C)OC(=O)O[C@H]1CC[C@@H]2C=C[C@H]3CCN(C(=O)OC(C)(C)C)[C@@H]3C(=O)N12. The van der Waals surface area contributed by atoms with E-state index in [1.54, 1.807) is 46.4 Å². The number of hydrogen-bond donors (Lipinski definition) is 0. The van der Waals surface area contributed by atoms with E-state index in [1.165, 1.54) is 4.90 Å². The summed E-state index contributed by atoms with van der Waals surface area (Å²) in [6.45, 7) is 11.1. The Morgan fingerprint density at radius 2 is 1.62 bits per heavy atom. The summed E-state index contributed by atoms with van der Waals surface area (Å²) in [5.74, 6) is -0.276. The van der Waals surface area contributed by atoms with E-state index >= 15 is 0 Å². The summed E-state index contributed by atoms with van der Waals surface area (Å²) in [5, 5.41) is 0. The Kier molecular flexibility index (Phi) is 5.58. The Labute approximate surface area is 172 Å². The lowest BCUT2D eigenvalue weighted by Gasteiger charge is -2.34. The number of carbonyl (C=O) groups excluding carboxylic acids is 3. The van der Waals surface area contributed by atoms with Crippen molar-refractivity contribution in [3.8, 4) is 0 Å². The quantitative estimate of drug-likeness (QED) is 0.488. The molecular formula is C21H32N2O6. The topological polar surface area (TPSA) is 85.4 Å². The highest BCUT2D eigenvalue weighted by molar-refractivity contribution is 5.88. The zero-order valence-corrected chi connectivity index (χ0v) is 18.1. The van der Waals surface area contributed by atoms with Crippen LogP contribution in [-0.4, -0.2) is 64.0 Å². The van der Waals surface area contributed by atoms with Gasteiger partial charge in [-0.2, -0.15) is 0 Å². The van der Waals surface area contributed by atoms with Crippen molar-refractivity contribution in [1.29, 1.82) is 0 Å². The summed E-state index contributed by atoms with van der Waals surface area (Å²) in [7, 11) is 0. The molecule has 29 heavy (non-hydrogen) atoms. The number of rotatable bonds is 1. The fourth-order valence-electron chi connectivity index (χ4n) is 4.08. The largest absolute Gasteiger partial charge is 0.510 e. The molecule has 8 nitrogen and oxygen atoms in total. The molecule has 0 radical (unpaired) electrons. The van der Waals surface area contributed by atoms with Crippen LogP contribution >= 0.6 is 0 Å². The van der Waals surface area contributed by atoms with E-state index in [1.807, 2.05) is 12.2 Å². The number of likely N-dealkylation sites (tertiary alicyclic amines) is 1. The number of nitrogens with zero attached hydrogens (tertiary/aromatic N) is 2. The zero-order valence-electron chi connectivity index (χ0n) is 18.1. The van der Waals surface area contributed by atoms with Crippen molar-refractivity contribution in [2.24, 2.45) is 5.92 Å². The van der Waals surface area contributed by atoms with Gasteiger partial charge in [0.25, 0.3) is 0 Å². The molecule has 2 saturated heterocycles. The standard InChI is InChI=1S/C21H32N2O6/c1-20(2,3)28-18(25)22-12-11-13-7-8-14-9-10-15(23(14)17(24)16(13)22)27-19(26)29-21(4,5)6/h7-8,13-16H,9-12H2,1-6H3/t13-,14-,15-,16-/m0/s1. The van der Waals surface area contributed by atoms with Crippen molar-refractivity contribution in [1.82, 2.24) is 9.80 Å². The zero-order chi connectivity index (χ0) is 21.6. The van der Waals surface area contributed by atoms with Gasteiger partial charge in [-0.3, -0.25) is 14.6 Å². The van der Waals surface area contributed by atoms with Crippen LogP contribution in [0, 0.1) is 5.92 Å². The third-order valence-electron chi connectivity index (χ3n) is 5.16. The lowest BCUT2D eigenvalue weighted by molar-refractivity contribution is -0.147. The van der Waals surface area contributed by atoms with E-state index in [0.29, 0.717) is 25.8 Å². The molecule has 4 atom stereocenters. The molecule has 0 N–H and O–H groups in total. The molecule has 2 amide bonds. The van der Waals surface area contributed by atoms with E-state index in [-0.39, 0.29) is 17.9 Å². The third-order valence-corrected chi connectivity index (χ3v) is 5.16. The average molecular weight is 408 g/mol. The van der Waals surface area contributed by atoms with Gasteiger partial charge in [-0.25, -0.2) is 9.59 Å². The van der Waals surface area contributed by atoms with Crippen molar-refractivity contribution in [3.63, 3.8) is 0 Å². The van der Waals surface area contributed by atoms with Gasteiger partial charge in [0.05, 0.1) is 6.04 Å². The lowest BCUT2D eigenvalue weighted by Crippen LogP contribution is -2.53. The number of amides is 2. The molecule has 0 aromatic rings. The van der Waals surface area contributed by atoms with Gasteiger partial charge in [-0.05, 0) is 54.4 Å². The molecule has 0 aliphatic carbocycles. The van der Waals surface area contributed by atoms with E-state index in [0.717, 1.165) is 0 Å². The van der Waals surface area contributed by atoms with Gasteiger partial charge in [0.2, 0.25) is 5.91 Å². The highest BCUT2D eigenvalue weighted by Gasteiger charge is 2.50. The van der Waals surface area contributed by atoms with E-state index in [9.17, 15) is 14.4 Å². The Bertz CT molecular complexity index is 705. The molecule has 8 heteroatoms. The van der Waals surface area contributed by atoms with Crippen LogP contribution in [0.25, 0.3) is 0 Å². The molecule has 0 aromatic carbocycles. The molecule has 0 aromatic heterocycles. The van der Waals surface area contributed by atoms with Gasteiger partial charge in [0.1, 0.15) is 17.2 Å². The Morgan fingerprint density at radius 3 is 2.24 bits per heavy atom. The molecule has 0 unspecified atom stereocenters. The summed E-state index contributed by atoms with van der Waals surface area (Å²) < 4.78 is 16.2. The second kappa shape index (κ2) is 7.54. The van der Waals surface area contributed by atoms with Crippen LogP contribution in [0.15, 0.2) is 12.2 Å². The smallest absolute Gasteiger partial charge is 0.444 e. The molecule has 3 aliphatic rings. The predicted molar refractivity (Wildman–Crippen MR) is 105 cm³/mol. The number of hydrogen-bond acceptors (Lipinski definition) is 6. The van der Waals surface area contributed by atoms with Gasteiger partial charge < -0.3 is 14.2 Å². The number of ether oxygens (including phenoxy) is 3. The van der Waals surface area contributed by atoms with Crippen LogP contribution in [-0.2, 0) is 19.0 Å². The summed E-state index contributed by atoms with van der Waals surface area (Å²) in [6.07, 6.45) is 3.96. The first-order chi connectivity index (χ1) is 13.4. The third kappa shape index (κ3) is 4.85. The second-order valence-electron chi connectivity index (χ2n) is 9.88. The molecule has 0 spiro atoms. The van der Waals surface area contributed by atoms with Crippen molar-refractivity contribution in [2.45, 2.75) is 90.3 Å². The van der Waals surface area contributed by atoms with E-state index < -0.39 is 35.7 Å². The Hall–Kier alpha value is -2.25. The van der Waals surface area contributed by atoms with Gasteiger partial charge in [0.15, 0.2) is 6.23 Å². The van der Waals surface area contributed by atoms with Gasteiger partial charge in [-0.1, -0.05) is 12.2 Å². The molecule has 0 bridgehead atoms. The highest BCUT2D eigenvalue weighted by Crippen LogP contribution is 2.37. The first-order valence-corrected chi connectivity index (χ1v) is 10.3. The first-order valence-electron chi connectivity index (χ1n) is 10.3. The molecule has 3 heterocycles. The van der Waals surface area contributed by atoms with Crippen LogP contribution < -0.4 is 0 Å². The Balaban J connectivity index is 1.77. The van der Waals surface area contributed by atoms with Gasteiger partial charge in [0, 0.05) is 18.9 Å². The highest BCUT2D eigenvalue weighted by atomic mass is 16.7. The summed E-state index contributed by atoms with van der Waals surface area (Å²) in [5.41, 5.74) is -1.32. The molecule has 3 rings (SSSR count). The summed E-state index contributed by atoms with van der Waals surface area (Å²) >= 11 is 0. The lowest BCUT2D eigenvalue weighted by atomic mass is 9.99. The van der Waals surface area contributed by atoms with Crippen molar-refractivity contribution < 1.29 is 28.6 Å². The minimum absolute atomic E-state index is 0.0669. The molecule has 2 fully saturated rings. The van der Waals surface area contributed by atoms with Crippen LogP contribution in [0.5, 0.6) is 0 Å². The predicted octanol–water partition coefficient (Wildman–Crippen LogP) is 3.45. The second-order valence-corrected chi connectivity index (χ2v) is 9.88. The van der Waals surface area contributed by atoms with Crippen LogP contribution in [0.4, 0.5) is 9.59 Å². The minimum atomic E-state index is -0.795. The van der Waals surface area contributed by atoms with E-state index in [4.69, 9.17) is 14.2 Å². The normalized spacial score (nSPS) is 29.2.